The molecule has 1 unspecified atom stereocenters. The summed E-state index contributed by atoms with van der Waals surface area (Å²) < 4.78 is 17.6. The fourth-order valence-electron chi connectivity index (χ4n) is 3.77. The zero-order chi connectivity index (χ0) is 31.5. The fraction of sp³-hybridized carbons (Fsp3) is 0.448. The Morgan fingerprint density at radius 1 is 1.02 bits per heavy atom. The van der Waals surface area contributed by atoms with Crippen molar-refractivity contribution in [1.29, 1.82) is 0 Å². The van der Waals surface area contributed by atoms with Crippen molar-refractivity contribution in [3.05, 3.63) is 51.7 Å². The number of carbonyl (C=O) groups is 4. The number of benzene rings is 1. The van der Waals surface area contributed by atoms with Crippen molar-refractivity contribution in [2.75, 3.05) is 25.1 Å². The molecule has 0 aliphatic rings. The lowest BCUT2D eigenvalue weighted by Crippen LogP contribution is -2.25. The second kappa shape index (κ2) is 16.1. The Morgan fingerprint density at radius 3 is 2.35 bits per heavy atom. The highest BCUT2D eigenvalue weighted by molar-refractivity contribution is 8.00. The van der Waals surface area contributed by atoms with E-state index in [9.17, 15) is 19.2 Å². The topological polar surface area (TPSA) is 151 Å². The SMILES string of the molecule is CCCCOc1ccc(C(=O)NCc2nnc(SC(C)C(=O)Nc3sc(C(=O)OCC)c(C)c3C(=O)OCC)n2C)cc1. The third-order valence-corrected chi connectivity index (χ3v) is 8.51. The van der Waals surface area contributed by atoms with Gasteiger partial charge in [0, 0.05) is 12.6 Å². The summed E-state index contributed by atoms with van der Waals surface area (Å²) in [6.07, 6.45) is 2.01. The Kier molecular flexibility index (Phi) is 12.6. The van der Waals surface area contributed by atoms with E-state index in [1.54, 1.807) is 63.6 Å². The van der Waals surface area contributed by atoms with Gasteiger partial charge in [0.25, 0.3) is 5.91 Å². The summed E-state index contributed by atoms with van der Waals surface area (Å²) in [5.41, 5.74) is 0.992. The molecule has 12 nitrogen and oxygen atoms in total. The highest BCUT2D eigenvalue weighted by atomic mass is 32.2. The number of ether oxygens (including phenoxy) is 3. The first-order chi connectivity index (χ1) is 20.6. The zero-order valence-corrected chi connectivity index (χ0v) is 26.8. The average molecular weight is 632 g/mol. The van der Waals surface area contributed by atoms with E-state index in [-0.39, 0.29) is 41.1 Å². The second-order valence-corrected chi connectivity index (χ2v) is 11.6. The quantitative estimate of drug-likeness (QED) is 0.136. The van der Waals surface area contributed by atoms with Crippen molar-refractivity contribution in [2.45, 2.75) is 64.4 Å². The molecule has 14 heteroatoms. The summed E-state index contributed by atoms with van der Waals surface area (Å²) in [7, 11) is 1.74. The van der Waals surface area contributed by atoms with Crippen LogP contribution in [0.25, 0.3) is 0 Å². The smallest absolute Gasteiger partial charge is 0.348 e. The van der Waals surface area contributed by atoms with E-state index in [1.807, 2.05) is 0 Å². The molecule has 0 aliphatic carbocycles. The Hall–Kier alpha value is -3.91. The van der Waals surface area contributed by atoms with Gasteiger partial charge in [-0.1, -0.05) is 25.1 Å². The lowest BCUT2D eigenvalue weighted by molar-refractivity contribution is -0.115. The molecule has 0 radical (unpaired) electrons. The van der Waals surface area contributed by atoms with Crippen molar-refractivity contribution >= 4 is 51.9 Å². The number of nitrogens with one attached hydrogen (secondary N) is 2. The summed E-state index contributed by atoms with van der Waals surface area (Å²) in [6.45, 7) is 9.82. The number of thiophene rings is 1. The standard InChI is InChI=1S/C29H37N5O7S2/c1-7-10-15-41-20-13-11-19(12-14-20)25(36)30-16-21-32-33-29(34(21)6)42-18(5)24(35)31-26-22(27(37)39-8-2)17(4)23(43-26)28(38)40-9-3/h11-14,18H,7-10,15-16H2,1-6H3,(H,30,36)(H,31,35). The highest BCUT2D eigenvalue weighted by Crippen LogP contribution is 2.35. The van der Waals surface area contributed by atoms with Crippen LogP contribution in [-0.4, -0.2) is 63.6 Å². The van der Waals surface area contributed by atoms with Crippen LogP contribution in [0.15, 0.2) is 29.4 Å². The molecular weight excluding hydrogens is 594 g/mol. The molecule has 43 heavy (non-hydrogen) atoms. The minimum atomic E-state index is -0.646. The highest BCUT2D eigenvalue weighted by Gasteiger charge is 2.29. The van der Waals surface area contributed by atoms with Crippen molar-refractivity contribution in [3.8, 4) is 5.75 Å². The van der Waals surface area contributed by atoms with E-state index < -0.39 is 23.1 Å². The third-order valence-electron chi connectivity index (χ3n) is 6.19. The van der Waals surface area contributed by atoms with Gasteiger partial charge in [-0.05, 0) is 63.9 Å². The lowest BCUT2D eigenvalue weighted by Gasteiger charge is -2.12. The minimum absolute atomic E-state index is 0.121. The Balaban J connectivity index is 1.63. The Bertz CT molecular complexity index is 1440. The molecule has 0 aliphatic heterocycles. The van der Waals surface area contributed by atoms with Crippen LogP contribution in [0.1, 0.15) is 82.3 Å². The van der Waals surface area contributed by atoms with Gasteiger partial charge in [0.05, 0.1) is 37.2 Å². The van der Waals surface area contributed by atoms with Gasteiger partial charge in [0.2, 0.25) is 5.91 Å². The molecule has 3 aromatic rings. The summed E-state index contributed by atoms with van der Waals surface area (Å²) in [6, 6.07) is 6.93. The number of anilines is 1. The zero-order valence-electron chi connectivity index (χ0n) is 25.1. The van der Waals surface area contributed by atoms with E-state index >= 15 is 0 Å². The number of nitrogens with zero attached hydrogens (tertiary/aromatic N) is 3. The van der Waals surface area contributed by atoms with Crippen LogP contribution in [0.2, 0.25) is 0 Å². The average Bonchev–Trinajstić information content (AvgIpc) is 3.50. The van der Waals surface area contributed by atoms with E-state index in [2.05, 4.69) is 27.8 Å². The van der Waals surface area contributed by atoms with Gasteiger partial charge >= 0.3 is 11.9 Å². The molecule has 0 spiro atoms. The van der Waals surface area contributed by atoms with E-state index in [4.69, 9.17) is 14.2 Å². The van der Waals surface area contributed by atoms with Crippen molar-refractivity contribution in [1.82, 2.24) is 20.1 Å². The molecule has 2 heterocycles. The number of amides is 2. The molecule has 2 N–H and O–H groups in total. The van der Waals surface area contributed by atoms with Crippen LogP contribution in [0.3, 0.4) is 0 Å². The van der Waals surface area contributed by atoms with Crippen molar-refractivity contribution in [3.63, 3.8) is 0 Å². The third kappa shape index (κ3) is 8.80. The van der Waals surface area contributed by atoms with E-state index in [0.29, 0.717) is 34.5 Å². The van der Waals surface area contributed by atoms with Crippen molar-refractivity contribution in [2.24, 2.45) is 7.05 Å². The molecule has 0 saturated carbocycles. The fourth-order valence-corrected chi connectivity index (χ4v) is 5.69. The number of hydrogen-bond donors (Lipinski definition) is 2. The molecule has 2 aromatic heterocycles. The van der Waals surface area contributed by atoms with E-state index in [1.165, 1.54) is 0 Å². The van der Waals surface area contributed by atoms with Gasteiger partial charge in [-0.3, -0.25) is 9.59 Å². The normalized spacial score (nSPS) is 11.5. The first-order valence-electron chi connectivity index (χ1n) is 14.0. The maximum atomic E-state index is 13.1. The van der Waals surface area contributed by atoms with Crippen LogP contribution in [0.4, 0.5) is 5.00 Å². The van der Waals surface area contributed by atoms with Crippen LogP contribution < -0.4 is 15.4 Å². The number of rotatable bonds is 15. The molecule has 0 fully saturated rings. The summed E-state index contributed by atoms with van der Waals surface area (Å²) in [5, 5.41) is 13.9. The number of hydrogen-bond acceptors (Lipinski definition) is 11. The lowest BCUT2D eigenvalue weighted by atomic mass is 10.1. The number of esters is 2. The molecule has 1 aromatic carbocycles. The van der Waals surface area contributed by atoms with Gasteiger partial charge in [-0.25, -0.2) is 9.59 Å². The molecule has 0 bridgehead atoms. The second-order valence-electron chi connectivity index (χ2n) is 9.32. The summed E-state index contributed by atoms with van der Waals surface area (Å²) >= 11 is 2.12. The molecule has 3 rings (SSSR count). The molecule has 1 atom stereocenters. The predicted molar refractivity (Wildman–Crippen MR) is 164 cm³/mol. The Morgan fingerprint density at radius 2 is 1.70 bits per heavy atom. The monoisotopic (exact) mass is 631 g/mol. The van der Waals surface area contributed by atoms with Gasteiger partial charge < -0.3 is 29.4 Å². The van der Waals surface area contributed by atoms with Crippen LogP contribution in [-0.2, 0) is 27.9 Å². The first-order valence-corrected chi connectivity index (χ1v) is 15.6. The maximum absolute atomic E-state index is 13.1. The Labute approximate surface area is 258 Å². The molecule has 0 saturated heterocycles. The van der Waals surface area contributed by atoms with Crippen LogP contribution in [0, 0.1) is 6.92 Å². The van der Waals surface area contributed by atoms with Gasteiger partial charge in [0.15, 0.2) is 11.0 Å². The number of thioether (sulfide) groups is 1. The van der Waals surface area contributed by atoms with Crippen LogP contribution in [0.5, 0.6) is 5.75 Å². The van der Waals surface area contributed by atoms with Crippen LogP contribution >= 0.6 is 23.1 Å². The molecule has 2 amide bonds. The summed E-state index contributed by atoms with van der Waals surface area (Å²) in [4.78, 5) is 51.1. The van der Waals surface area contributed by atoms with Crippen molar-refractivity contribution < 1.29 is 33.4 Å². The molecule has 232 valence electrons. The first kappa shape index (κ1) is 33.6. The number of unbranched alkanes of at least 4 members (excludes halogenated alkanes) is 1. The van der Waals surface area contributed by atoms with Gasteiger partial charge in [-0.2, -0.15) is 0 Å². The number of carbonyl (C=O) groups excluding carboxylic acids is 4. The molecular formula is C29H37N5O7S2. The minimum Gasteiger partial charge on any atom is -0.494 e. The number of aromatic nitrogens is 3. The maximum Gasteiger partial charge on any atom is 0.348 e. The van der Waals surface area contributed by atoms with E-state index in [0.717, 1.165) is 35.9 Å². The predicted octanol–water partition coefficient (Wildman–Crippen LogP) is 4.77. The van der Waals surface area contributed by atoms with Gasteiger partial charge in [-0.15, -0.1) is 21.5 Å². The summed E-state index contributed by atoms with van der Waals surface area (Å²) in [5.74, 6) is -0.684. The van der Waals surface area contributed by atoms with Gasteiger partial charge in [0.1, 0.15) is 15.6 Å². The largest absolute Gasteiger partial charge is 0.494 e.